The second-order valence-electron chi connectivity index (χ2n) is 7.40. The molecule has 8 heteroatoms. The molecule has 166 valence electrons. The topological polar surface area (TPSA) is 62.6 Å². The maximum atomic E-state index is 13.7. The van der Waals surface area contributed by atoms with E-state index in [2.05, 4.69) is 10.6 Å². The summed E-state index contributed by atoms with van der Waals surface area (Å²) in [6.45, 7) is -0.197. The quantitative estimate of drug-likeness (QED) is 0.470. The van der Waals surface area contributed by atoms with E-state index in [-0.39, 0.29) is 25.0 Å². The molecule has 5 nitrogen and oxygen atoms in total. The highest BCUT2D eigenvalue weighted by molar-refractivity contribution is 5.91. The van der Waals surface area contributed by atoms with Gasteiger partial charge in [-0.2, -0.15) is 0 Å². The summed E-state index contributed by atoms with van der Waals surface area (Å²) in [6, 6.07) is 20.3. The van der Waals surface area contributed by atoms with E-state index in [9.17, 15) is 22.8 Å². The van der Waals surface area contributed by atoms with E-state index in [1.54, 1.807) is 7.05 Å². The van der Waals surface area contributed by atoms with Crippen LogP contribution < -0.4 is 15.5 Å². The fraction of sp³-hybridized carbons (Fsp3) is 0.167. The van der Waals surface area contributed by atoms with E-state index < -0.39 is 29.0 Å². The Bertz CT molecular complexity index is 1040. The fourth-order valence-corrected chi connectivity index (χ4v) is 3.29. The monoisotopic (exact) mass is 442 g/mol. The third-order valence-corrected chi connectivity index (χ3v) is 4.81. The van der Waals surface area contributed by atoms with Gasteiger partial charge in [0.2, 0.25) is 0 Å². The van der Waals surface area contributed by atoms with Gasteiger partial charge in [0.05, 0.1) is 18.8 Å². The molecular weight excluding hydrogens is 419 g/mol. The Balaban J connectivity index is 1.60. The highest BCUT2D eigenvalue weighted by Gasteiger charge is 2.21. The molecule has 0 spiro atoms. The molecule has 0 bridgehead atoms. The molecule has 3 N–H and O–H groups in total. The Kier molecular flexibility index (Phi) is 7.62. The summed E-state index contributed by atoms with van der Waals surface area (Å²) in [5.74, 6) is -5.39. The van der Waals surface area contributed by atoms with Gasteiger partial charge in [-0.1, -0.05) is 60.7 Å². The molecule has 0 saturated heterocycles. The number of carbonyl (C=O) groups excluding carboxylic acids is 2. The van der Waals surface area contributed by atoms with Gasteiger partial charge in [-0.15, -0.1) is 0 Å². The molecular formula is C24H23F3N3O2+. The van der Waals surface area contributed by atoms with E-state index in [0.717, 1.165) is 23.3 Å². The van der Waals surface area contributed by atoms with Crippen LogP contribution in [0.3, 0.4) is 0 Å². The molecule has 3 aromatic carbocycles. The molecule has 0 heterocycles. The largest absolute Gasteiger partial charge is 0.340 e. The summed E-state index contributed by atoms with van der Waals surface area (Å²) in [5, 5.41) is 5.19. The van der Waals surface area contributed by atoms with Gasteiger partial charge in [0.15, 0.2) is 30.5 Å². The number of rotatable bonds is 8. The zero-order valence-electron chi connectivity index (χ0n) is 17.4. The summed E-state index contributed by atoms with van der Waals surface area (Å²) in [4.78, 5) is 25.4. The lowest BCUT2D eigenvalue weighted by Gasteiger charge is -2.21. The molecule has 3 aromatic rings. The number of benzene rings is 3. The van der Waals surface area contributed by atoms with Crippen LogP contribution in [0.15, 0.2) is 72.8 Å². The smallest absolute Gasteiger partial charge is 0.279 e. The van der Waals surface area contributed by atoms with Crippen molar-refractivity contribution < 1.29 is 27.7 Å². The van der Waals surface area contributed by atoms with Gasteiger partial charge in [0.1, 0.15) is 0 Å². The number of quaternary nitrogens is 1. The van der Waals surface area contributed by atoms with Crippen molar-refractivity contribution >= 4 is 17.5 Å². The first kappa shape index (κ1) is 23.0. The van der Waals surface area contributed by atoms with E-state index in [4.69, 9.17) is 0 Å². The third kappa shape index (κ3) is 5.95. The van der Waals surface area contributed by atoms with Gasteiger partial charge in [-0.3, -0.25) is 9.59 Å². The molecule has 32 heavy (non-hydrogen) atoms. The van der Waals surface area contributed by atoms with Crippen LogP contribution in [-0.4, -0.2) is 32.0 Å². The molecule has 0 saturated carbocycles. The van der Waals surface area contributed by atoms with Gasteiger partial charge < -0.3 is 15.5 Å². The van der Waals surface area contributed by atoms with Gasteiger partial charge in [-0.05, 0) is 23.3 Å². The zero-order chi connectivity index (χ0) is 23.1. The molecule has 3 rings (SSSR count). The molecule has 2 amide bonds. The van der Waals surface area contributed by atoms with Crippen molar-refractivity contribution in [2.24, 2.45) is 0 Å². The van der Waals surface area contributed by atoms with Crippen molar-refractivity contribution in [3.05, 3.63) is 101 Å². The lowest BCUT2D eigenvalue weighted by Crippen LogP contribution is -3.11. The van der Waals surface area contributed by atoms with Gasteiger partial charge in [0, 0.05) is 0 Å². The summed E-state index contributed by atoms with van der Waals surface area (Å²) >= 11 is 0. The number of carbonyl (C=O) groups is 2. The Labute approximate surface area is 183 Å². The van der Waals surface area contributed by atoms with Crippen LogP contribution in [0.1, 0.15) is 17.2 Å². The predicted molar refractivity (Wildman–Crippen MR) is 114 cm³/mol. The molecule has 0 aromatic heterocycles. The normalized spacial score (nSPS) is 11.8. The zero-order valence-corrected chi connectivity index (χ0v) is 17.4. The minimum absolute atomic E-state index is 0.0240. The second-order valence-corrected chi connectivity index (χ2v) is 7.40. The summed E-state index contributed by atoms with van der Waals surface area (Å²) in [6.07, 6.45) is 0. The van der Waals surface area contributed by atoms with Crippen molar-refractivity contribution in [1.82, 2.24) is 5.32 Å². The summed E-state index contributed by atoms with van der Waals surface area (Å²) in [7, 11) is 1.63. The second kappa shape index (κ2) is 10.6. The van der Waals surface area contributed by atoms with Crippen molar-refractivity contribution in [3.63, 3.8) is 0 Å². The lowest BCUT2D eigenvalue weighted by molar-refractivity contribution is -0.862. The maximum Gasteiger partial charge on any atom is 0.279 e. The number of anilines is 1. The first-order valence-corrected chi connectivity index (χ1v) is 9.99. The third-order valence-electron chi connectivity index (χ3n) is 4.81. The van der Waals surface area contributed by atoms with Gasteiger partial charge >= 0.3 is 0 Å². The molecule has 1 unspecified atom stereocenters. The maximum absolute atomic E-state index is 13.7. The lowest BCUT2D eigenvalue weighted by atomic mass is 9.99. The number of nitrogens with one attached hydrogen (secondary N) is 3. The van der Waals surface area contributed by atoms with Crippen LogP contribution in [0, 0.1) is 17.5 Å². The molecule has 0 aliphatic rings. The van der Waals surface area contributed by atoms with Crippen molar-refractivity contribution in [2.45, 2.75) is 6.04 Å². The van der Waals surface area contributed by atoms with Crippen LogP contribution >= 0.6 is 0 Å². The number of likely N-dealkylation sites (N-methyl/N-ethyl adjacent to an activating group) is 1. The van der Waals surface area contributed by atoms with E-state index in [1.807, 2.05) is 60.7 Å². The van der Waals surface area contributed by atoms with Gasteiger partial charge in [0.25, 0.3) is 11.8 Å². The van der Waals surface area contributed by atoms with E-state index in [0.29, 0.717) is 4.90 Å². The van der Waals surface area contributed by atoms with Crippen LogP contribution in [0.2, 0.25) is 0 Å². The molecule has 0 fully saturated rings. The number of hydrogen-bond acceptors (Lipinski definition) is 2. The van der Waals surface area contributed by atoms with Crippen LogP contribution in [0.4, 0.5) is 18.9 Å². The summed E-state index contributed by atoms with van der Waals surface area (Å²) in [5.41, 5.74) is 1.37. The average Bonchev–Trinajstić information content (AvgIpc) is 2.79. The Hall–Kier alpha value is -3.65. The number of halogens is 3. The molecule has 0 aliphatic heterocycles. The van der Waals surface area contributed by atoms with Crippen LogP contribution in [0.5, 0.6) is 0 Å². The number of amides is 2. The Morgan fingerprint density at radius 3 is 1.88 bits per heavy atom. The van der Waals surface area contributed by atoms with Crippen molar-refractivity contribution in [2.75, 3.05) is 25.5 Å². The fourth-order valence-electron chi connectivity index (χ4n) is 3.29. The SMILES string of the molecule is C[NH+](CC(=O)Nc1ccc(F)c(F)c1F)CC(=O)NC(c1ccccc1)c1ccccc1. The minimum Gasteiger partial charge on any atom is -0.340 e. The van der Waals surface area contributed by atoms with E-state index >= 15 is 0 Å². The Morgan fingerprint density at radius 1 is 0.781 bits per heavy atom. The van der Waals surface area contributed by atoms with Crippen molar-refractivity contribution in [3.8, 4) is 0 Å². The highest BCUT2D eigenvalue weighted by Crippen LogP contribution is 2.21. The Morgan fingerprint density at radius 2 is 1.31 bits per heavy atom. The molecule has 0 radical (unpaired) electrons. The van der Waals surface area contributed by atoms with Crippen LogP contribution in [-0.2, 0) is 9.59 Å². The van der Waals surface area contributed by atoms with Gasteiger partial charge in [-0.25, -0.2) is 13.2 Å². The minimum atomic E-state index is -1.66. The van der Waals surface area contributed by atoms with Crippen LogP contribution in [0.25, 0.3) is 0 Å². The number of hydrogen-bond donors (Lipinski definition) is 3. The predicted octanol–water partition coefficient (Wildman–Crippen LogP) is 2.46. The molecule has 1 atom stereocenters. The first-order valence-electron chi connectivity index (χ1n) is 9.99. The summed E-state index contributed by atoms with van der Waals surface area (Å²) < 4.78 is 40.1. The standard InChI is InChI=1S/C24H22F3N3O2/c1-30(14-20(31)28-19-13-12-18(25)22(26)23(19)27)15-21(32)29-24(16-8-4-2-5-9-16)17-10-6-3-7-11-17/h2-13,24H,14-15H2,1H3,(H,28,31)(H,29,32)/p+1. The highest BCUT2D eigenvalue weighted by atomic mass is 19.2. The molecule has 0 aliphatic carbocycles. The average molecular weight is 442 g/mol. The first-order chi connectivity index (χ1) is 15.3. The van der Waals surface area contributed by atoms with E-state index in [1.165, 1.54) is 0 Å². The van der Waals surface area contributed by atoms with Crippen molar-refractivity contribution in [1.29, 1.82) is 0 Å².